The van der Waals surface area contributed by atoms with Crippen molar-refractivity contribution in [3.63, 3.8) is 0 Å². The topological polar surface area (TPSA) is 28.7 Å². The predicted octanol–water partition coefficient (Wildman–Crippen LogP) is 4.98. The van der Waals surface area contributed by atoms with E-state index in [0.717, 1.165) is 16.9 Å². The number of rotatable bonds is 1. The van der Waals surface area contributed by atoms with E-state index in [1.165, 1.54) is 25.4 Å². The van der Waals surface area contributed by atoms with Crippen molar-refractivity contribution in [3.05, 3.63) is 38.7 Å². The van der Waals surface area contributed by atoms with Crippen LogP contribution in [0.2, 0.25) is 0 Å². The van der Waals surface area contributed by atoms with Crippen LogP contribution in [0.4, 0.5) is 0 Å². The number of hydrogen-bond acceptors (Lipinski definition) is 2. The van der Waals surface area contributed by atoms with Crippen molar-refractivity contribution in [1.82, 2.24) is 9.97 Å². The van der Waals surface area contributed by atoms with E-state index in [9.17, 15) is 0 Å². The molecule has 0 spiro atoms. The summed E-state index contributed by atoms with van der Waals surface area (Å²) in [6.07, 6.45) is 0. The number of thiophene rings is 1. The van der Waals surface area contributed by atoms with Gasteiger partial charge in [0.2, 0.25) is 0 Å². The quantitative estimate of drug-likeness (QED) is 0.673. The van der Waals surface area contributed by atoms with Crippen LogP contribution in [0, 0.1) is 20.8 Å². The van der Waals surface area contributed by atoms with E-state index in [-0.39, 0.29) is 0 Å². The van der Waals surface area contributed by atoms with Crippen LogP contribution in [0.3, 0.4) is 0 Å². The van der Waals surface area contributed by atoms with Gasteiger partial charge in [-0.2, -0.15) is 0 Å². The first-order chi connectivity index (χ1) is 8.54. The summed E-state index contributed by atoms with van der Waals surface area (Å²) < 4.78 is 1.17. The van der Waals surface area contributed by atoms with Crippen LogP contribution < -0.4 is 0 Å². The molecule has 4 heteroatoms. The molecule has 18 heavy (non-hydrogen) atoms. The van der Waals surface area contributed by atoms with Crippen LogP contribution in [-0.2, 0) is 0 Å². The molecule has 0 saturated heterocycles. The van der Waals surface area contributed by atoms with Crippen LogP contribution in [0.15, 0.2) is 22.0 Å². The van der Waals surface area contributed by atoms with Gasteiger partial charge < -0.3 is 4.98 Å². The number of fused-ring (bicyclic) bond motifs is 1. The van der Waals surface area contributed by atoms with E-state index in [2.05, 4.69) is 59.9 Å². The molecule has 0 saturated carbocycles. The summed E-state index contributed by atoms with van der Waals surface area (Å²) >= 11 is 5.28. The zero-order chi connectivity index (χ0) is 12.9. The Morgan fingerprint density at radius 1 is 1.11 bits per heavy atom. The molecule has 0 atom stereocenters. The van der Waals surface area contributed by atoms with Crippen molar-refractivity contribution in [2.45, 2.75) is 20.8 Å². The molecule has 0 bridgehead atoms. The third-order valence-corrected chi connectivity index (χ3v) is 5.16. The molecule has 0 aliphatic rings. The number of hydrogen-bond donors (Lipinski definition) is 1. The summed E-state index contributed by atoms with van der Waals surface area (Å²) in [6, 6.07) is 6.48. The molecular formula is C14H13BrN2S. The largest absolute Gasteiger partial charge is 0.337 e. The van der Waals surface area contributed by atoms with Crippen LogP contribution in [0.25, 0.3) is 21.7 Å². The van der Waals surface area contributed by atoms with Crippen molar-refractivity contribution in [2.75, 3.05) is 0 Å². The lowest BCUT2D eigenvalue weighted by atomic mass is 10.1. The summed E-state index contributed by atoms with van der Waals surface area (Å²) in [5.74, 6) is 0.956. The van der Waals surface area contributed by atoms with Gasteiger partial charge in [-0.15, -0.1) is 11.3 Å². The van der Waals surface area contributed by atoms with Gasteiger partial charge in [0.15, 0.2) is 0 Å². The van der Waals surface area contributed by atoms with Crippen LogP contribution in [0.5, 0.6) is 0 Å². The number of benzene rings is 1. The van der Waals surface area contributed by atoms with E-state index in [1.807, 2.05) is 0 Å². The zero-order valence-corrected chi connectivity index (χ0v) is 12.9. The lowest BCUT2D eigenvalue weighted by molar-refractivity contribution is 1.35. The van der Waals surface area contributed by atoms with E-state index >= 15 is 0 Å². The van der Waals surface area contributed by atoms with Gasteiger partial charge in [0.05, 0.1) is 19.7 Å². The lowest BCUT2D eigenvalue weighted by Gasteiger charge is -1.96. The summed E-state index contributed by atoms with van der Waals surface area (Å²) in [7, 11) is 0. The monoisotopic (exact) mass is 320 g/mol. The molecule has 92 valence electrons. The number of imidazole rings is 1. The van der Waals surface area contributed by atoms with Gasteiger partial charge in [-0.1, -0.05) is 6.07 Å². The molecule has 2 nitrogen and oxygen atoms in total. The van der Waals surface area contributed by atoms with Crippen LogP contribution >= 0.6 is 27.3 Å². The number of halogens is 1. The molecule has 0 unspecified atom stereocenters. The molecule has 0 radical (unpaired) electrons. The summed E-state index contributed by atoms with van der Waals surface area (Å²) in [4.78, 5) is 9.30. The molecule has 0 amide bonds. The molecule has 1 aromatic carbocycles. The first-order valence-electron chi connectivity index (χ1n) is 5.78. The first-order valence-corrected chi connectivity index (χ1v) is 7.39. The Hall–Kier alpha value is -1.13. The highest BCUT2D eigenvalue weighted by atomic mass is 79.9. The highest BCUT2D eigenvalue weighted by Gasteiger charge is 2.11. The second kappa shape index (κ2) is 4.21. The molecule has 2 heterocycles. The Kier molecular flexibility index (Phi) is 2.79. The minimum atomic E-state index is 0.956. The highest BCUT2D eigenvalue weighted by molar-refractivity contribution is 9.11. The van der Waals surface area contributed by atoms with Gasteiger partial charge in [-0.3, -0.25) is 0 Å². The fraction of sp³-hybridized carbons (Fsp3) is 0.214. The minimum Gasteiger partial charge on any atom is -0.337 e. The number of nitrogens with one attached hydrogen (secondary N) is 1. The van der Waals surface area contributed by atoms with E-state index in [1.54, 1.807) is 11.3 Å². The smallest absolute Gasteiger partial charge is 0.148 e. The Morgan fingerprint density at radius 2 is 1.89 bits per heavy atom. The van der Waals surface area contributed by atoms with Gasteiger partial charge >= 0.3 is 0 Å². The summed E-state index contributed by atoms with van der Waals surface area (Å²) in [5, 5.41) is 0. The molecule has 0 aliphatic heterocycles. The number of H-pyrrole nitrogens is 1. The van der Waals surface area contributed by atoms with Crippen molar-refractivity contribution in [2.24, 2.45) is 0 Å². The van der Waals surface area contributed by atoms with Gasteiger partial charge in [-0.25, -0.2) is 4.98 Å². The molecule has 3 rings (SSSR count). The molecular weight excluding hydrogens is 308 g/mol. The maximum absolute atomic E-state index is 4.71. The maximum Gasteiger partial charge on any atom is 0.148 e. The Bertz CT molecular complexity index is 720. The molecule has 3 aromatic rings. The van der Waals surface area contributed by atoms with E-state index in [4.69, 9.17) is 4.98 Å². The SMILES string of the molecule is Cc1cc(C)c2nc(-c3cc(C)c(Br)s3)[nH]c2c1. The Balaban J connectivity index is 2.22. The zero-order valence-electron chi connectivity index (χ0n) is 10.5. The summed E-state index contributed by atoms with van der Waals surface area (Å²) in [6.45, 7) is 6.32. The third-order valence-electron chi connectivity index (χ3n) is 3.01. The third kappa shape index (κ3) is 1.89. The second-order valence-electron chi connectivity index (χ2n) is 4.63. The Morgan fingerprint density at radius 3 is 2.56 bits per heavy atom. The molecule has 1 N–H and O–H groups in total. The first kappa shape index (κ1) is 11.9. The van der Waals surface area contributed by atoms with Crippen LogP contribution in [-0.4, -0.2) is 9.97 Å². The molecule has 0 aliphatic carbocycles. The average molecular weight is 321 g/mol. The van der Waals surface area contributed by atoms with E-state index in [0.29, 0.717) is 0 Å². The van der Waals surface area contributed by atoms with Crippen molar-refractivity contribution in [3.8, 4) is 10.7 Å². The van der Waals surface area contributed by atoms with Gasteiger partial charge in [0, 0.05) is 0 Å². The highest BCUT2D eigenvalue weighted by Crippen LogP contribution is 2.34. The van der Waals surface area contributed by atoms with Crippen LogP contribution in [0.1, 0.15) is 16.7 Å². The number of aromatic amines is 1. The fourth-order valence-electron chi connectivity index (χ4n) is 2.16. The molecule has 2 aromatic heterocycles. The average Bonchev–Trinajstić information content (AvgIpc) is 2.84. The fourth-order valence-corrected chi connectivity index (χ4v) is 3.64. The van der Waals surface area contributed by atoms with Gasteiger partial charge in [0.25, 0.3) is 0 Å². The number of aromatic nitrogens is 2. The van der Waals surface area contributed by atoms with Gasteiger partial charge in [-0.05, 0) is 65.5 Å². The summed E-state index contributed by atoms with van der Waals surface area (Å²) in [5.41, 5.74) is 5.92. The number of nitrogens with zero attached hydrogens (tertiary/aromatic N) is 1. The van der Waals surface area contributed by atoms with E-state index < -0.39 is 0 Å². The van der Waals surface area contributed by atoms with Crippen molar-refractivity contribution >= 4 is 38.3 Å². The molecule has 0 fully saturated rings. The van der Waals surface area contributed by atoms with Gasteiger partial charge in [0.1, 0.15) is 5.82 Å². The lowest BCUT2D eigenvalue weighted by Crippen LogP contribution is -1.79. The second-order valence-corrected chi connectivity index (χ2v) is 7.00. The normalized spacial score (nSPS) is 11.3. The maximum atomic E-state index is 4.71. The number of aryl methyl sites for hydroxylation is 3. The predicted molar refractivity (Wildman–Crippen MR) is 81.3 cm³/mol. The van der Waals surface area contributed by atoms with Crippen molar-refractivity contribution < 1.29 is 0 Å². The van der Waals surface area contributed by atoms with Crippen molar-refractivity contribution in [1.29, 1.82) is 0 Å². The Labute approximate surface area is 118 Å². The standard InChI is InChI=1S/C14H13BrN2S/c1-7-4-8(2)12-10(5-7)16-14(17-12)11-6-9(3)13(15)18-11/h4-6H,1-3H3,(H,16,17). The minimum absolute atomic E-state index is 0.956.